The number of nitrogens with one attached hydrogen (secondary N) is 1. The van der Waals surface area contributed by atoms with E-state index < -0.39 is 0 Å². The van der Waals surface area contributed by atoms with Gasteiger partial charge in [-0.25, -0.2) is 9.98 Å². The molecule has 36 heavy (non-hydrogen) atoms. The van der Waals surface area contributed by atoms with E-state index in [4.69, 9.17) is 21.1 Å². The Hall–Kier alpha value is -2.73. The van der Waals surface area contributed by atoms with E-state index in [1.165, 1.54) is 36.8 Å². The summed E-state index contributed by atoms with van der Waals surface area (Å²) in [5.74, 6) is 2.65. The summed E-state index contributed by atoms with van der Waals surface area (Å²) in [7, 11) is 0. The molecular weight excluding hydrogens is 472 g/mol. The molecule has 7 heteroatoms. The van der Waals surface area contributed by atoms with Crippen LogP contribution in [0.25, 0.3) is 0 Å². The molecule has 1 aromatic heterocycles. The van der Waals surface area contributed by atoms with Gasteiger partial charge < -0.3 is 19.4 Å². The van der Waals surface area contributed by atoms with Crippen LogP contribution in [0.15, 0.2) is 58.8 Å². The van der Waals surface area contributed by atoms with Gasteiger partial charge in [0.1, 0.15) is 16.6 Å². The SMILES string of the molecule is C=C(Cl)/N=C(/C)c1ncn(CCCCOC(NCc2cccc(OCC3CCCC3)c2)=C2CC2)c1C. The van der Waals surface area contributed by atoms with Crippen molar-refractivity contribution in [2.45, 2.75) is 78.3 Å². The van der Waals surface area contributed by atoms with Gasteiger partial charge in [-0.05, 0) is 81.6 Å². The second kappa shape index (κ2) is 13.0. The fourth-order valence-corrected chi connectivity index (χ4v) is 4.83. The van der Waals surface area contributed by atoms with Crippen molar-refractivity contribution in [1.29, 1.82) is 0 Å². The highest BCUT2D eigenvalue weighted by atomic mass is 35.5. The molecule has 2 saturated carbocycles. The normalized spacial score (nSPS) is 15.8. The van der Waals surface area contributed by atoms with Gasteiger partial charge in [-0.1, -0.05) is 43.2 Å². The van der Waals surface area contributed by atoms with Crippen LogP contribution >= 0.6 is 11.6 Å². The standard InChI is InChI=1S/C29H39ClN4O2/c1-21(33-23(3)30)28-22(2)34(20-32-28)15-6-7-16-35-29(26-13-14-26)31-18-25-11-8-12-27(17-25)36-19-24-9-4-5-10-24/h8,11-12,17,20,24,31H,3-7,9-10,13-16,18-19H2,1-2H3/b33-21-. The molecule has 1 heterocycles. The molecule has 2 aromatic rings. The summed E-state index contributed by atoms with van der Waals surface area (Å²) in [4.78, 5) is 8.71. The Morgan fingerprint density at radius 1 is 1.25 bits per heavy atom. The van der Waals surface area contributed by atoms with E-state index in [0.717, 1.165) is 80.0 Å². The van der Waals surface area contributed by atoms with Crippen molar-refractivity contribution < 1.29 is 9.47 Å². The zero-order chi connectivity index (χ0) is 25.3. The summed E-state index contributed by atoms with van der Waals surface area (Å²) in [6, 6.07) is 8.42. The summed E-state index contributed by atoms with van der Waals surface area (Å²) < 4.78 is 14.4. The van der Waals surface area contributed by atoms with E-state index >= 15 is 0 Å². The van der Waals surface area contributed by atoms with Crippen LogP contribution in [0.3, 0.4) is 0 Å². The third kappa shape index (κ3) is 7.89. The number of aliphatic imine (C=N–C) groups is 1. The smallest absolute Gasteiger partial charge is 0.186 e. The Morgan fingerprint density at radius 2 is 2.06 bits per heavy atom. The Bertz CT molecular complexity index is 1090. The van der Waals surface area contributed by atoms with Crippen molar-refractivity contribution in [3.8, 4) is 5.75 Å². The van der Waals surface area contributed by atoms with Gasteiger partial charge in [0.25, 0.3) is 0 Å². The number of allylic oxidation sites excluding steroid dienone is 1. The molecule has 0 bridgehead atoms. The van der Waals surface area contributed by atoms with Crippen molar-refractivity contribution in [3.05, 3.63) is 70.7 Å². The van der Waals surface area contributed by atoms with E-state index in [1.807, 2.05) is 13.3 Å². The van der Waals surface area contributed by atoms with Gasteiger partial charge in [-0.3, -0.25) is 0 Å². The molecule has 6 nitrogen and oxygen atoms in total. The largest absolute Gasteiger partial charge is 0.493 e. The summed E-state index contributed by atoms with van der Waals surface area (Å²) in [5, 5.41) is 3.80. The van der Waals surface area contributed by atoms with Crippen molar-refractivity contribution in [2.24, 2.45) is 10.9 Å². The van der Waals surface area contributed by atoms with Crippen LogP contribution < -0.4 is 10.1 Å². The van der Waals surface area contributed by atoms with E-state index in [-0.39, 0.29) is 5.16 Å². The maximum absolute atomic E-state index is 6.16. The minimum Gasteiger partial charge on any atom is -0.493 e. The molecule has 2 fully saturated rings. The summed E-state index contributed by atoms with van der Waals surface area (Å²) in [6.45, 7) is 10.8. The number of benzene rings is 1. The molecule has 0 amide bonds. The summed E-state index contributed by atoms with van der Waals surface area (Å²) in [5.41, 5.74) is 5.34. The first-order valence-corrected chi connectivity index (χ1v) is 13.6. The van der Waals surface area contributed by atoms with Crippen molar-refractivity contribution in [2.75, 3.05) is 13.2 Å². The highest BCUT2D eigenvalue weighted by Crippen LogP contribution is 2.31. The van der Waals surface area contributed by atoms with E-state index in [2.05, 4.69) is 57.6 Å². The number of nitrogens with zero attached hydrogens (tertiary/aromatic N) is 3. The minimum atomic E-state index is 0.271. The Labute approximate surface area is 220 Å². The number of rotatable bonds is 14. The number of aryl methyl sites for hydroxylation is 1. The van der Waals surface area contributed by atoms with Crippen molar-refractivity contribution >= 4 is 17.3 Å². The minimum absolute atomic E-state index is 0.271. The lowest BCUT2D eigenvalue weighted by Gasteiger charge is -2.15. The highest BCUT2D eigenvalue weighted by Gasteiger charge is 2.19. The molecule has 2 aliphatic rings. The van der Waals surface area contributed by atoms with Gasteiger partial charge in [0.05, 0.1) is 25.3 Å². The van der Waals surface area contributed by atoms with Gasteiger partial charge >= 0.3 is 0 Å². The number of imidazole rings is 1. The lowest BCUT2D eigenvalue weighted by Crippen LogP contribution is -2.16. The molecule has 0 atom stereocenters. The van der Waals surface area contributed by atoms with E-state index in [1.54, 1.807) is 0 Å². The summed E-state index contributed by atoms with van der Waals surface area (Å²) >= 11 is 5.81. The van der Waals surface area contributed by atoms with Crippen molar-refractivity contribution in [3.63, 3.8) is 0 Å². The highest BCUT2D eigenvalue weighted by molar-refractivity contribution is 6.30. The number of ether oxygens (including phenoxy) is 2. The maximum Gasteiger partial charge on any atom is 0.186 e. The predicted molar refractivity (Wildman–Crippen MR) is 146 cm³/mol. The maximum atomic E-state index is 6.16. The predicted octanol–water partition coefficient (Wildman–Crippen LogP) is 6.87. The topological polar surface area (TPSA) is 60.7 Å². The number of halogens is 1. The first-order valence-electron chi connectivity index (χ1n) is 13.2. The molecular formula is C29H39ClN4O2. The van der Waals surface area contributed by atoms with Crippen LogP contribution in [0.4, 0.5) is 0 Å². The van der Waals surface area contributed by atoms with Crippen LogP contribution in [0, 0.1) is 12.8 Å². The number of unbranched alkanes of at least 4 members (excludes halogenated alkanes) is 1. The zero-order valence-electron chi connectivity index (χ0n) is 21.7. The lowest BCUT2D eigenvalue weighted by atomic mass is 10.1. The first-order chi connectivity index (χ1) is 17.5. The monoisotopic (exact) mass is 510 g/mol. The van der Waals surface area contributed by atoms with Gasteiger partial charge in [0.2, 0.25) is 0 Å². The molecule has 0 spiro atoms. The van der Waals surface area contributed by atoms with Gasteiger partial charge in [-0.2, -0.15) is 0 Å². The van der Waals surface area contributed by atoms with Crippen LogP contribution in [-0.4, -0.2) is 28.5 Å². The Balaban J connectivity index is 1.19. The lowest BCUT2D eigenvalue weighted by molar-refractivity contribution is 0.181. The Morgan fingerprint density at radius 3 is 2.81 bits per heavy atom. The van der Waals surface area contributed by atoms with Gasteiger partial charge in [-0.15, -0.1) is 0 Å². The molecule has 1 aromatic carbocycles. The number of aromatic nitrogens is 2. The van der Waals surface area contributed by atoms with Crippen molar-refractivity contribution in [1.82, 2.24) is 14.9 Å². The van der Waals surface area contributed by atoms with Crippen LogP contribution in [0.1, 0.15) is 75.2 Å². The van der Waals surface area contributed by atoms with Gasteiger partial charge in [0, 0.05) is 18.8 Å². The molecule has 0 unspecified atom stereocenters. The van der Waals surface area contributed by atoms with Gasteiger partial charge in [0.15, 0.2) is 5.88 Å². The quantitative estimate of drug-likeness (QED) is 0.130. The fraction of sp³-hybridized carbons (Fsp3) is 0.517. The number of hydrogen-bond acceptors (Lipinski definition) is 5. The average Bonchev–Trinajstić information content (AvgIpc) is 3.43. The fourth-order valence-electron chi connectivity index (χ4n) is 4.70. The third-order valence-electron chi connectivity index (χ3n) is 6.90. The van der Waals surface area contributed by atoms with Crippen LogP contribution in [-0.2, 0) is 17.8 Å². The summed E-state index contributed by atoms with van der Waals surface area (Å²) in [6.07, 6.45) is 11.4. The average molecular weight is 511 g/mol. The Kier molecular flexibility index (Phi) is 9.51. The second-order valence-corrected chi connectivity index (χ2v) is 10.3. The van der Waals surface area contributed by atoms with E-state index in [9.17, 15) is 0 Å². The molecule has 194 valence electrons. The third-order valence-corrected chi connectivity index (χ3v) is 6.99. The first kappa shape index (κ1) is 26.3. The number of hydrogen-bond donors (Lipinski definition) is 1. The van der Waals surface area contributed by atoms with Crippen LogP contribution in [0.2, 0.25) is 0 Å². The molecule has 4 rings (SSSR count). The van der Waals surface area contributed by atoms with Crippen LogP contribution in [0.5, 0.6) is 5.75 Å². The molecule has 0 aliphatic heterocycles. The zero-order valence-corrected chi connectivity index (χ0v) is 22.4. The molecule has 1 N–H and O–H groups in total. The second-order valence-electron chi connectivity index (χ2n) is 9.90. The molecule has 0 radical (unpaired) electrons. The molecule has 0 saturated heterocycles. The van der Waals surface area contributed by atoms with E-state index in [0.29, 0.717) is 6.61 Å². The molecule has 2 aliphatic carbocycles.